The molecular formula is C13H17N3. The standard InChI is InChI=1S/C13H17N3/c1-4-5-12(9-14)15-16-13-7-6-10(2)8-11(13)3/h6-8,12H,4-5H2,1-3H3. The van der Waals surface area contributed by atoms with Gasteiger partial charge in [-0.25, -0.2) is 0 Å². The Hall–Kier alpha value is -1.69. The molecular weight excluding hydrogens is 198 g/mol. The molecule has 3 nitrogen and oxygen atoms in total. The molecule has 0 saturated carbocycles. The summed E-state index contributed by atoms with van der Waals surface area (Å²) in [6.45, 7) is 6.09. The maximum atomic E-state index is 8.84. The average molecular weight is 215 g/mol. The largest absolute Gasteiger partial charge is 0.196 e. The van der Waals surface area contributed by atoms with Crippen LogP contribution in [0.4, 0.5) is 5.69 Å². The highest BCUT2D eigenvalue weighted by Gasteiger charge is 2.03. The van der Waals surface area contributed by atoms with Gasteiger partial charge in [-0.3, -0.25) is 0 Å². The lowest BCUT2D eigenvalue weighted by Gasteiger charge is -2.02. The molecule has 16 heavy (non-hydrogen) atoms. The molecule has 0 spiro atoms. The Bertz CT molecular complexity index is 416. The van der Waals surface area contributed by atoms with E-state index in [9.17, 15) is 0 Å². The van der Waals surface area contributed by atoms with E-state index in [0.717, 1.165) is 24.1 Å². The van der Waals surface area contributed by atoms with Crippen LogP contribution in [-0.2, 0) is 0 Å². The summed E-state index contributed by atoms with van der Waals surface area (Å²) in [5.74, 6) is 0. The molecule has 0 amide bonds. The fourth-order valence-corrected chi connectivity index (χ4v) is 1.47. The van der Waals surface area contributed by atoms with E-state index in [-0.39, 0.29) is 6.04 Å². The summed E-state index contributed by atoms with van der Waals surface area (Å²) in [6.07, 6.45) is 1.72. The van der Waals surface area contributed by atoms with Crippen molar-refractivity contribution in [3.8, 4) is 6.07 Å². The molecule has 3 heteroatoms. The van der Waals surface area contributed by atoms with Crippen molar-refractivity contribution in [1.82, 2.24) is 0 Å². The Labute approximate surface area is 96.8 Å². The molecule has 1 atom stereocenters. The van der Waals surface area contributed by atoms with Crippen LogP contribution >= 0.6 is 0 Å². The lowest BCUT2D eigenvalue weighted by molar-refractivity contribution is 0.687. The smallest absolute Gasteiger partial charge is 0.157 e. The lowest BCUT2D eigenvalue weighted by Crippen LogP contribution is -1.97. The highest BCUT2D eigenvalue weighted by Crippen LogP contribution is 2.20. The second-order valence-corrected chi connectivity index (χ2v) is 3.94. The third-order valence-corrected chi connectivity index (χ3v) is 2.37. The molecule has 0 aromatic heterocycles. The predicted octanol–water partition coefficient (Wildman–Crippen LogP) is 4.08. The highest BCUT2D eigenvalue weighted by molar-refractivity contribution is 5.46. The summed E-state index contributed by atoms with van der Waals surface area (Å²) in [4.78, 5) is 0. The van der Waals surface area contributed by atoms with Crippen molar-refractivity contribution in [3.63, 3.8) is 0 Å². The Morgan fingerprint density at radius 2 is 2.12 bits per heavy atom. The molecule has 1 aromatic carbocycles. The van der Waals surface area contributed by atoms with E-state index in [4.69, 9.17) is 5.26 Å². The first-order chi connectivity index (χ1) is 7.67. The van der Waals surface area contributed by atoms with Crippen LogP contribution in [0.1, 0.15) is 30.9 Å². The monoisotopic (exact) mass is 215 g/mol. The van der Waals surface area contributed by atoms with Crippen LogP contribution in [0.3, 0.4) is 0 Å². The quantitative estimate of drug-likeness (QED) is 0.698. The Balaban J connectivity index is 2.79. The summed E-state index contributed by atoms with van der Waals surface area (Å²) < 4.78 is 0. The fourth-order valence-electron chi connectivity index (χ4n) is 1.47. The second-order valence-electron chi connectivity index (χ2n) is 3.94. The van der Waals surface area contributed by atoms with Gasteiger partial charge in [-0.15, -0.1) is 0 Å². The van der Waals surface area contributed by atoms with Gasteiger partial charge in [0.2, 0.25) is 0 Å². The molecule has 0 saturated heterocycles. The molecule has 0 N–H and O–H groups in total. The first-order valence-corrected chi connectivity index (χ1v) is 5.55. The van der Waals surface area contributed by atoms with Crippen LogP contribution in [0.25, 0.3) is 0 Å². The Morgan fingerprint density at radius 3 is 2.69 bits per heavy atom. The van der Waals surface area contributed by atoms with Crippen molar-refractivity contribution in [3.05, 3.63) is 29.3 Å². The number of hydrogen-bond acceptors (Lipinski definition) is 3. The Morgan fingerprint density at radius 1 is 1.38 bits per heavy atom. The zero-order chi connectivity index (χ0) is 12.0. The summed E-state index contributed by atoms with van der Waals surface area (Å²) in [5, 5.41) is 17.0. The van der Waals surface area contributed by atoms with E-state index >= 15 is 0 Å². The molecule has 1 unspecified atom stereocenters. The fraction of sp³-hybridized carbons (Fsp3) is 0.462. The first kappa shape index (κ1) is 12.4. The third kappa shape index (κ3) is 3.47. The zero-order valence-corrected chi connectivity index (χ0v) is 10.1. The number of benzene rings is 1. The molecule has 0 radical (unpaired) electrons. The maximum Gasteiger partial charge on any atom is 0.157 e. The zero-order valence-electron chi connectivity index (χ0n) is 10.1. The van der Waals surface area contributed by atoms with Crippen LogP contribution in [0.2, 0.25) is 0 Å². The van der Waals surface area contributed by atoms with Crippen molar-refractivity contribution in [2.45, 2.75) is 39.7 Å². The number of nitrogens with zero attached hydrogens (tertiary/aromatic N) is 3. The predicted molar refractivity (Wildman–Crippen MR) is 64.7 cm³/mol. The number of aryl methyl sites for hydroxylation is 2. The van der Waals surface area contributed by atoms with E-state index in [2.05, 4.69) is 22.4 Å². The van der Waals surface area contributed by atoms with Crippen molar-refractivity contribution in [2.75, 3.05) is 0 Å². The number of nitriles is 1. The number of hydrogen-bond donors (Lipinski definition) is 0. The van der Waals surface area contributed by atoms with Crippen molar-refractivity contribution >= 4 is 5.69 Å². The number of rotatable bonds is 4. The molecule has 0 aliphatic heterocycles. The van der Waals surface area contributed by atoms with E-state index in [0.29, 0.717) is 0 Å². The van der Waals surface area contributed by atoms with Crippen LogP contribution in [0.5, 0.6) is 0 Å². The summed E-state index contributed by atoms with van der Waals surface area (Å²) >= 11 is 0. The topological polar surface area (TPSA) is 48.5 Å². The summed E-state index contributed by atoms with van der Waals surface area (Å²) in [6, 6.07) is 7.84. The third-order valence-electron chi connectivity index (χ3n) is 2.37. The van der Waals surface area contributed by atoms with Crippen molar-refractivity contribution < 1.29 is 0 Å². The van der Waals surface area contributed by atoms with Gasteiger partial charge in [-0.05, 0) is 31.9 Å². The molecule has 0 aliphatic rings. The minimum Gasteiger partial charge on any atom is -0.196 e. The van der Waals surface area contributed by atoms with Gasteiger partial charge in [0.1, 0.15) is 0 Å². The number of azo groups is 1. The van der Waals surface area contributed by atoms with Gasteiger partial charge in [0.25, 0.3) is 0 Å². The van der Waals surface area contributed by atoms with E-state index in [1.807, 2.05) is 32.9 Å². The summed E-state index contributed by atoms with van der Waals surface area (Å²) in [7, 11) is 0. The minimum absolute atomic E-state index is 0.314. The molecule has 1 aromatic rings. The van der Waals surface area contributed by atoms with Crippen molar-refractivity contribution in [1.29, 1.82) is 5.26 Å². The van der Waals surface area contributed by atoms with Gasteiger partial charge in [-0.1, -0.05) is 31.0 Å². The van der Waals surface area contributed by atoms with Gasteiger partial charge in [0.15, 0.2) is 6.04 Å². The molecule has 0 fully saturated rings. The lowest BCUT2D eigenvalue weighted by atomic mass is 10.1. The summed E-state index contributed by atoms with van der Waals surface area (Å²) in [5.41, 5.74) is 3.15. The molecule has 0 bridgehead atoms. The molecule has 0 aliphatic carbocycles. The van der Waals surface area contributed by atoms with Gasteiger partial charge < -0.3 is 0 Å². The van der Waals surface area contributed by atoms with Gasteiger partial charge in [0, 0.05) is 0 Å². The average Bonchev–Trinajstić information content (AvgIpc) is 2.26. The second kappa shape index (κ2) is 6.02. The highest BCUT2D eigenvalue weighted by atomic mass is 15.1. The minimum atomic E-state index is -0.314. The Kier molecular flexibility index (Phi) is 4.65. The van der Waals surface area contributed by atoms with Crippen LogP contribution < -0.4 is 0 Å². The van der Waals surface area contributed by atoms with Gasteiger partial charge >= 0.3 is 0 Å². The van der Waals surface area contributed by atoms with Crippen LogP contribution in [0.15, 0.2) is 28.4 Å². The van der Waals surface area contributed by atoms with Crippen LogP contribution in [0, 0.1) is 25.2 Å². The molecule has 84 valence electrons. The van der Waals surface area contributed by atoms with E-state index in [1.54, 1.807) is 0 Å². The molecule has 0 heterocycles. The maximum absolute atomic E-state index is 8.84. The van der Waals surface area contributed by atoms with Crippen molar-refractivity contribution in [2.24, 2.45) is 10.2 Å². The van der Waals surface area contributed by atoms with Gasteiger partial charge in [0.05, 0.1) is 11.8 Å². The normalized spacial score (nSPS) is 12.6. The van der Waals surface area contributed by atoms with E-state index in [1.165, 1.54) is 5.56 Å². The van der Waals surface area contributed by atoms with E-state index < -0.39 is 0 Å². The SMILES string of the molecule is CCCC(C#N)N=Nc1ccc(C)cc1C. The molecule has 1 rings (SSSR count). The first-order valence-electron chi connectivity index (χ1n) is 5.55. The van der Waals surface area contributed by atoms with Gasteiger partial charge in [-0.2, -0.15) is 15.5 Å². The van der Waals surface area contributed by atoms with Crippen LogP contribution in [-0.4, -0.2) is 6.04 Å².